The molecule has 0 saturated heterocycles. The lowest BCUT2D eigenvalue weighted by Gasteiger charge is -2.13. The van der Waals surface area contributed by atoms with Gasteiger partial charge in [0.15, 0.2) is 29.6 Å². The molecule has 2 amide bonds. The lowest BCUT2D eigenvalue weighted by Crippen LogP contribution is -2.20. The number of methoxy groups -OCH3 is 3. The Morgan fingerprint density at radius 1 is 0.914 bits per heavy atom. The van der Waals surface area contributed by atoms with E-state index in [0.717, 1.165) is 0 Å². The summed E-state index contributed by atoms with van der Waals surface area (Å²) in [5, 5.41) is 6.76. The van der Waals surface area contributed by atoms with Crippen LogP contribution in [-0.2, 0) is 4.79 Å². The molecule has 3 rings (SSSR count). The second kappa shape index (κ2) is 12.4. The van der Waals surface area contributed by atoms with Crippen LogP contribution in [0.5, 0.6) is 23.0 Å². The first-order chi connectivity index (χ1) is 16.9. The summed E-state index contributed by atoms with van der Waals surface area (Å²) in [6.07, 6.45) is 1.46. The van der Waals surface area contributed by atoms with Crippen LogP contribution >= 0.6 is 15.9 Å². The highest BCUT2D eigenvalue weighted by Gasteiger charge is 2.14. The van der Waals surface area contributed by atoms with E-state index < -0.39 is 5.91 Å². The summed E-state index contributed by atoms with van der Waals surface area (Å²) < 4.78 is 22.0. The number of carbonyl (C=O) groups is 2. The van der Waals surface area contributed by atoms with Gasteiger partial charge in [0.2, 0.25) is 0 Å². The zero-order valence-corrected chi connectivity index (χ0v) is 20.9. The minimum absolute atomic E-state index is 0.210. The van der Waals surface area contributed by atoms with Gasteiger partial charge >= 0.3 is 0 Å². The quantitative estimate of drug-likeness (QED) is 0.293. The molecule has 0 aliphatic rings. The number of hydrogen-bond donors (Lipinski definition) is 2. The number of halogens is 1. The predicted octanol–water partition coefficient (Wildman–Crippen LogP) is 4.26. The lowest BCUT2D eigenvalue weighted by molar-refractivity contribution is -0.118. The summed E-state index contributed by atoms with van der Waals surface area (Å²) in [4.78, 5) is 24.6. The van der Waals surface area contributed by atoms with Crippen LogP contribution in [0.15, 0.2) is 70.2 Å². The molecule has 0 aromatic heterocycles. The zero-order chi connectivity index (χ0) is 25.2. The van der Waals surface area contributed by atoms with Crippen molar-refractivity contribution in [1.82, 2.24) is 5.43 Å². The fourth-order valence-corrected chi connectivity index (χ4v) is 3.59. The molecule has 3 aromatic rings. The van der Waals surface area contributed by atoms with Gasteiger partial charge in [0.05, 0.1) is 32.0 Å². The van der Waals surface area contributed by atoms with Crippen LogP contribution in [0, 0.1) is 0 Å². The van der Waals surface area contributed by atoms with E-state index in [-0.39, 0.29) is 12.5 Å². The molecule has 0 aliphatic heterocycles. The second-order valence-electron chi connectivity index (χ2n) is 7.01. The van der Waals surface area contributed by atoms with Gasteiger partial charge < -0.3 is 24.3 Å². The minimum atomic E-state index is -0.419. The SMILES string of the molecule is COc1ccc(C(=O)N/N=C/c2cc(Br)c(OCC(=O)Nc3ccccc3)c(OC)c2)cc1OC. The molecule has 0 saturated carbocycles. The third-order valence-electron chi connectivity index (χ3n) is 4.68. The Hall–Kier alpha value is -4.05. The number of ether oxygens (including phenoxy) is 4. The van der Waals surface area contributed by atoms with Gasteiger partial charge in [0.25, 0.3) is 11.8 Å². The third kappa shape index (κ3) is 6.97. The summed E-state index contributed by atoms with van der Waals surface area (Å²) in [6.45, 7) is -0.210. The standard InChI is InChI=1S/C25H24BrN3O6/c1-32-20-10-9-17(13-21(20)33-2)25(31)29-27-14-16-11-19(26)24(22(12-16)34-3)35-15-23(30)28-18-7-5-4-6-8-18/h4-14H,15H2,1-3H3,(H,28,30)(H,29,31)/b27-14+. The fourth-order valence-electron chi connectivity index (χ4n) is 3.02. The molecule has 0 radical (unpaired) electrons. The summed E-state index contributed by atoms with van der Waals surface area (Å²) in [5.41, 5.74) is 4.12. The Bertz CT molecular complexity index is 1220. The number of hydrazone groups is 1. The van der Waals surface area contributed by atoms with Gasteiger partial charge in [-0.25, -0.2) is 5.43 Å². The average Bonchev–Trinajstić information content (AvgIpc) is 2.87. The number of carbonyl (C=O) groups excluding carboxylic acids is 2. The first-order valence-electron chi connectivity index (χ1n) is 10.4. The minimum Gasteiger partial charge on any atom is -0.493 e. The highest BCUT2D eigenvalue weighted by atomic mass is 79.9. The number of amides is 2. The largest absolute Gasteiger partial charge is 0.493 e. The van der Waals surface area contributed by atoms with E-state index in [0.29, 0.717) is 44.3 Å². The van der Waals surface area contributed by atoms with Crippen LogP contribution in [0.3, 0.4) is 0 Å². The van der Waals surface area contributed by atoms with E-state index in [2.05, 4.69) is 31.8 Å². The maximum atomic E-state index is 12.4. The highest BCUT2D eigenvalue weighted by molar-refractivity contribution is 9.10. The number of benzene rings is 3. The second-order valence-corrected chi connectivity index (χ2v) is 7.86. The van der Waals surface area contributed by atoms with E-state index in [1.165, 1.54) is 27.5 Å². The molecule has 0 bridgehead atoms. The first-order valence-corrected chi connectivity index (χ1v) is 11.1. The number of nitrogens with zero attached hydrogens (tertiary/aromatic N) is 1. The maximum absolute atomic E-state index is 12.4. The van der Waals surface area contributed by atoms with Gasteiger partial charge in [0, 0.05) is 11.3 Å². The lowest BCUT2D eigenvalue weighted by atomic mass is 10.2. The normalized spacial score (nSPS) is 10.5. The Balaban J connectivity index is 1.64. The number of hydrogen-bond acceptors (Lipinski definition) is 7. The molecule has 10 heteroatoms. The van der Waals surface area contributed by atoms with E-state index in [1.807, 2.05) is 18.2 Å². The average molecular weight is 542 g/mol. The summed E-state index contributed by atoms with van der Waals surface area (Å²) >= 11 is 3.43. The third-order valence-corrected chi connectivity index (χ3v) is 5.27. The molecular weight excluding hydrogens is 518 g/mol. The zero-order valence-electron chi connectivity index (χ0n) is 19.3. The van der Waals surface area contributed by atoms with E-state index in [1.54, 1.807) is 42.5 Å². The van der Waals surface area contributed by atoms with Crippen LogP contribution in [0.1, 0.15) is 15.9 Å². The van der Waals surface area contributed by atoms with Crippen molar-refractivity contribution >= 4 is 39.6 Å². The molecular formula is C25H24BrN3O6. The highest BCUT2D eigenvalue weighted by Crippen LogP contribution is 2.36. The number of para-hydroxylation sites is 1. The molecule has 2 N–H and O–H groups in total. The van der Waals surface area contributed by atoms with E-state index in [9.17, 15) is 9.59 Å². The van der Waals surface area contributed by atoms with Gasteiger partial charge in [-0.3, -0.25) is 9.59 Å². The maximum Gasteiger partial charge on any atom is 0.271 e. The Morgan fingerprint density at radius 3 is 2.31 bits per heavy atom. The smallest absolute Gasteiger partial charge is 0.271 e. The Morgan fingerprint density at radius 2 is 1.63 bits per heavy atom. The van der Waals surface area contributed by atoms with Crippen LogP contribution < -0.4 is 29.7 Å². The van der Waals surface area contributed by atoms with Crippen molar-refractivity contribution in [1.29, 1.82) is 0 Å². The van der Waals surface area contributed by atoms with Crippen LogP contribution in [0.4, 0.5) is 5.69 Å². The molecule has 0 atom stereocenters. The molecule has 35 heavy (non-hydrogen) atoms. The van der Waals surface area contributed by atoms with Crippen molar-refractivity contribution < 1.29 is 28.5 Å². The Labute approximate surface area is 211 Å². The van der Waals surface area contributed by atoms with Gasteiger partial charge in [-0.05, 0) is 64.0 Å². The molecule has 0 unspecified atom stereocenters. The molecule has 0 fully saturated rings. The van der Waals surface area contributed by atoms with Gasteiger partial charge in [-0.1, -0.05) is 18.2 Å². The van der Waals surface area contributed by atoms with Crippen LogP contribution in [0.25, 0.3) is 0 Å². The van der Waals surface area contributed by atoms with Crippen LogP contribution in [0.2, 0.25) is 0 Å². The molecule has 0 spiro atoms. The topological polar surface area (TPSA) is 107 Å². The van der Waals surface area contributed by atoms with Crippen molar-refractivity contribution in [2.45, 2.75) is 0 Å². The molecule has 3 aromatic carbocycles. The first kappa shape index (κ1) is 25.6. The van der Waals surface area contributed by atoms with Crippen molar-refractivity contribution in [3.8, 4) is 23.0 Å². The monoisotopic (exact) mass is 541 g/mol. The van der Waals surface area contributed by atoms with Crippen molar-refractivity contribution in [2.75, 3.05) is 33.3 Å². The Kier molecular flexibility index (Phi) is 9.08. The van der Waals surface area contributed by atoms with Gasteiger partial charge in [-0.15, -0.1) is 0 Å². The van der Waals surface area contributed by atoms with Crippen molar-refractivity contribution in [3.05, 3.63) is 76.3 Å². The summed E-state index contributed by atoms with van der Waals surface area (Å²) in [5.74, 6) is 0.975. The van der Waals surface area contributed by atoms with Crippen molar-refractivity contribution in [2.24, 2.45) is 5.10 Å². The summed E-state index contributed by atoms with van der Waals surface area (Å²) in [6, 6.07) is 17.3. The number of rotatable bonds is 10. The van der Waals surface area contributed by atoms with E-state index in [4.69, 9.17) is 18.9 Å². The molecule has 0 heterocycles. The van der Waals surface area contributed by atoms with Crippen molar-refractivity contribution in [3.63, 3.8) is 0 Å². The molecule has 182 valence electrons. The summed E-state index contributed by atoms with van der Waals surface area (Å²) in [7, 11) is 4.49. The van der Waals surface area contributed by atoms with Gasteiger partial charge in [0.1, 0.15) is 0 Å². The van der Waals surface area contributed by atoms with Crippen LogP contribution in [-0.4, -0.2) is 46.0 Å². The molecule has 9 nitrogen and oxygen atoms in total. The molecule has 0 aliphatic carbocycles. The predicted molar refractivity (Wildman–Crippen MR) is 136 cm³/mol. The van der Waals surface area contributed by atoms with E-state index >= 15 is 0 Å². The number of nitrogens with one attached hydrogen (secondary N) is 2. The number of anilines is 1. The fraction of sp³-hybridized carbons (Fsp3) is 0.160. The van der Waals surface area contributed by atoms with Gasteiger partial charge in [-0.2, -0.15) is 5.10 Å².